The van der Waals surface area contributed by atoms with Gasteiger partial charge in [0.15, 0.2) is 64.0 Å². The maximum Gasteiger partial charge on any atom is 0.382 e. The van der Waals surface area contributed by atoms with Gasteiger partial charge < -0.3 is 62.3 Å². The van der Waals surface area contributed by atoms with Crippen LogP contribution >= 0.6 is 0 Å². The van der Waals surface area contributed by atoms with Gasteiger partial charge in [-0.05, 0) is 84.0 Å². The Morgan fingerprint density at radius 1 is 0.356 bits per heavy atom. The van der Waals surface area contributed by atoms with Gasteiger partial charge in [0.05, 0.1) is 55.4 Å². The molecule has 10 heterocycles. The average molecular weight is 1410 g/mol. The second-order valence-corrected chi connectivity index (χ2v) is 25.5. The van der Waals surface area contributed by atoms with Gasteiger partial charge >= 0.3 is 5.88 Å². The number of nitrogens with zero attached hydrogens (tertiary/aromatic N) is 15. The first kappa shape index (κ1) is 79.3. The van der Waals surface area contributed by atoms with Crippen molar-refractivity contribution in [2.45, 2.75) is 167 Å². The molecule has 0 aliphatic carbocycles. The predicted octanol–water partition coefficient (Wildman–Crippen LogP) is 15.7. The Morgan fingerprint density at radius 3 is 0.962 bits per heavy atom. The highest BCUT2D eigenvalue weighted by Crippen LogP contribution is 2.39. The number of benzene rings is 1. The van der Waals surface area contributed by atoms with Crippen LogP contribution < -0.4 is 61.8 Å². The lowest BCUT2D eigenvalue weighted by molar-refractivity contribution is -0.612. The second-order valence-electron chi connectivity index (χ2n) is 25.5. The molecule has 0 unspecified atom stereocenters. The van der Waals surface area contributed by atoms with Crippen LogP contribution in [0.25, 0.3) is 11.3 Å². The zero-order chi connectivity index (χ0) is 76.1. The molecule has 0 bridgehead atoms. The van der Waals surface area contributed by atoms with Crippen LogP contribution in [0.2, 0.25) is 0 Å². The van der Waals surface area contributed by atoms with Crippen LogP contribution in [-0.2, 0) is 12.8 Å². The Labute approximate surface area is 608 Å². The molecule has 0 fully saturated rings. The Bertz CT molecular complexity index is 4570. The molecule has 0 saturated carbocycles. The monoisotopic (exact) mass is 1410 g/mol. The van der Waals surface area contributed by atoms with Gasteiger partial charge in [0.2, 0.25) is 0 Å². The normalized spacial score (nSPS) is 10.8. The number of ether oxygens (including phenoxy) is 6. The van der Waals surface area contributed by atoms with E-state index in [1.165, 1.54) is 25.6 Å². The first-order valence-corrected chi connectivity index (χ1v) is 34.1. The number of hydrogen-bond donors (Lipinski definition) is 5. The fourth-order valence-corrected chi connectivity index (χ4v) is 9.76. The molecule has 11 rings (SSSR count). The van der Waals surface area contributed by atoms with Gasteiger partial charge in [0.1, 0.15) is 57.9 Å². The molecular formula is C77H96N20O7. The molecule has 104 heavy (non-hydrogen) atoms. The van der Waals surface area contributed by atoms with E-state index in [-0.39, 0.29) is 23.5 Å². The highest BCUT2D eigenvalue weighted by Gasteiger charge is 2.22. The number of methoxy groups -OCH3 is 1. The third-order valence-electron chi connectivity index (χ3n) is 15.6. The van der Waals surface area contributed by atoms with Crippen LogP contribution in [-0.4, -0.2) is 76.9 Å². The van der Waals surface area contributed by atoms with E-state index in [9.17, 15) is 5.21 Å². The van der Waals surface area contributed by atoms with E-state index >= 15 is 0 Å². The van der Waals surface area contributed by atoms with Crippen molar-refractivity contribution in [1.82, 2.24) is 69.8 Å². The largest absolute Gasteiger partial charge is 0.616 e. The van der Waals surface area contributed by atoms with Gasteiger partial charge in [0.25, 0.3) is 0 Å². The van der Waals surface area contributed by atoms with E-state index in [1.807, 2.05) is 100 Å². The lowest BCUT2D eigenvalue weighted by atomic mass is 10.0. The van der Waals surface area contributed by atoms with Gasteiger partial charge in [-0.3, -0.25) is 19.9 Å². The van der Waals surface area contributed by atoms with Crippen molar-refractivity contribution in [3.8, 4) is 74.6 Å². The van der Waals surface area contributed by atoms with Crippen molar-refractivity contribution in [3.63, 3.8) is 0 Å². The predicted molar refractivity (Wildman–Crippen MR) is 405 cm³/mol. The fraction of sp³-hybridized carbons (Fsp3) is 0.338. The maximum atomic E-state index is 11.8. The molecule has 27 nitrogen and oxygen atoms in total. The average Bonchev–Trinajstić information content (AvgIpc) is 0.840. The zero-order valence-electron chi connectivity index (χ0n) is 62.8. The van der Waals surface area contributed by atoms with E-state index in [0.29, 0.717) is 109 Å². The SMILES string of the molecule is CCc1cc(Oc2cnc(C)nc2N)c(C(C)C)cn1.CCc1cc(Oc2cnc(C)nc2N)c(C(C)C)cn1.COc1cc(Oc2cnc(C)nc2N)c(C(C)C)c[n+]1[O-].Cc1cc(Oc2cnc(C)nc2N)c(C(C)C)cn1.Cc1ncc(Oc2cc(-c3ccccc3)ncc2C(C)C)c(N)n1. The third-order valence-corrected chi connectivity index (χ3v) is 15.6. The number of aromatic nitrogens is 15. The van der Waals surface area contributed by atoms with Gasteiger partial charge in [0, 0.05) is 94.0 Å². The summed E-state index contributed by atoms with van der Waals surface area (Å²) in [4.78, 5) is 58.8. The van der Waals surface area contributed by atoms with Crippen LogP contribution in [0.5, 0.6) is 63.4 Å². The Kier molecular flexibility index (Phi) is 28.3. The van der Waals surface area contributed by atoms with Crippen molar-refractivity contribution in [3.05, 3.63) is 202 Å². The van der Waals surface area contributed by atoms with Crippen LogP contribution in [0.3, 0.4) is 0 Å². The summed E-state index contributed by atoms with van der Waals surface area (Å²) in [5.41, 5.74) is 39.0. The van der Waals surface area contributed by atoms with Crippen molar-refractivity contribution in [2.75, 3.05) is 35.8 Å². The number of anilines is 5. The van der Waals surface area contributed by atoms with E-state index < -0.39 is 0 Å². The lowest BCUT2D eigenvalue weighted by Crippen LogP contribution is -2.29. The molecule has 0 spiro atoms. The van der Waals surface area contributed by atoms with Crippen LogP contribution in [0.15, 0.2) is 123 Å². The summed E-state index contributed by atoms with van der Waals surface area (Å²) in [5, 5.41) is 11.8. The van der Waals surface area contributed by atoms with Crippen molar-refractivity contribution in [2.24, 2.45) is 0 Å². The third kappa shape index (κ3) is 22.2. The molecule has 11 aromatic rings. The summed E-state index contributed by atoms with van der Waals surface area (Å²) in [5.74, 6) is 11.8. The molecular weight excluding hydrogens is 1320 g/mol. The number of hydrogen-bond acceptors (Lipinski definition) is 26. The van der Waals surface area contributed by atoms with Crippen LogP contribution in [0.1, 0.15) is 187 Å². The number of rotatable bonds is 19. The van der Waals surface area contributed by atoms with E-state index in [4.69, 9.17) is 57.1 Å². The first-order valence-electron chi connectivity index (χ1n) is 34.1. The molecule has 1 aromatic carbocycles. The number of nitrogens with two attached hydrogens (primary N) is 5. The molecule has 546 valence electrons. The molecule has 0 atom stereocenters. The minimum absolute atomic E-state index is 0.0960. The molecule has 0 saturated heterocycles. The van der Waals surface area contributed by atoms with E-state index in [1.54, 1.807) is 59.4 Å². The molecule has 10 aromatic heterocycles. The quantitative estimate of drug-likeness (QED) is 0.0371. The number of nitrogen functional groups attached to an aromatic ring is 5. The Hall–Kier alpha value is -12.0. The molecule has 0 radical (unpaired) electrons. The summed E-state index contributed by atoms with van der Waals surface area (Å²) in [6.07, 6.45) is 18.5. The minimum Gasteiger partial charge on any atom is -0.616 e. The summed E-state index contributed by atoms with van der Waals surface area (Å²) < 4.78 is 35.1. The van der Waals surface area contributed by atoms with Crippen molar-refractivity contribution >= 4 is 29.1 Å². The summed E-state index contributed by atoms with van der Waals surface area (Å²) in [6, 6.07) is 19.3. The van der Waals surface area contributed by atoms with Crippen molar-refractivity contribution in [1.29, 1.82) is 0 Å². The van der Waals surface area contributed by atoms with Crippen LogP contribution in [0, 0.1) is 46.7 Å². The first-order chi connectivity index (χ1) is 49.4. The summed E-state index contributed by atoms with van der Waals surface area (Å²) in [6.45, 7) is 35.7. The van der Waals surface area contributed by atoms with Crippen LogP contribution in [0.4, 0.5) is 29.1 Å². The van der Waals surface area contributed by atoms with Gasteiger partial charge in [-0.1, -0.05) is 113 Å². The number of pyridine rings is 5. The van der Waals surface area contributed by atoms with Gasteiger partial charge in [-0.25, -0.2) is 49.8 Å². The second kappa shape index (κ2) is 37.1. The lowest BCUT2D eigenvalue weighted by Gasteiger charge is -2.15. The standard InChI is InChI=1S/C19H20N4O.2C15H20N4O.C14H18N4O3.C14H18N4O/c1-12(2)15-10-22-16(14-7-5-4-6-8-14)9-17(15)24-18-11-21-13(3)23-19(18)20;2*1-5-11-6-13(12(7-18-11)9(2)3)20-14-8-17-10(4)19-15(14)16;1-8(2)10-7-18(19)13(20-4)5-11(10)21-12-6-16-9(3)17-14(12)15;1-8(2)11-6-16-9(3)5-12(11)19-13-7-17-10(4)18-14(13)15/h4-12H,1-3H3,(H2,20,21,23);2*6-9H,5H2,1-4H3,(H2,16,17,19);5-8H,1-4H3,(H2,15,16,17);5-8H,1-4H3,(H2,15,17,18). The van der Waals surface area contributed by atoms with Crippen molar-refractivity contribution < 1.29 is 33.2 Å². The fourth-order valence-electron chi connectivity index (χ4n) is 9.76. The maximum absolute atomic E-state index is 11.8. The highest BCUT2D eigenvalue weighted by molar-refractivity contribution is 5.63. The van der Waals surface area contributed by atoms with Gasteiger partial charge in [-0.2, -0.15) is 0 Å². The number of aryl methyl sites for hydroxylation is 8. The summed E-state index contributed by atoms with van der Waals surface area (Å²) in [7, 11) is 1.42. The molecule has 27 heteroatoms. The summed E-state index contributed by atoms with van der Waals surface area (Å²) >= 11 is 0. The molecule has 10 N–H and O–H groups in total. The Morgan fingerprint density at radius 2 is 0.654 bits per heavy atom. The zero-order valence-corrected chi connectivity index (χ0v) is 62.8. The Balaban J connectivity index is 0.000000182. The topological polar surface area (TPSA) is 393 Å². The van der Waals surface area contributed by atoms with E-state index in [2.05, 4.69) is 139 Å². The molecule has 0 amide bonds. The molecule has 0 aliphatic heterocycles. The van der Waals surface area contributed by atoms with Gasteiger partial charge in [-0.15, -0.1) is 4.73 Å². The highest BCUT2D eigenvalue weighted by atomic mass is 16.5. The minimum atomic E-state index is 0.0960. The smallest absolute Gasteiger partial charge is 0.382 e. The van der Waals surface area contributed by atoms with E-state index in [0.717, 1.165) is 92.0 Å². The molecule has 0 aliphatic rings.